The summed E-state index contributed by atoms with van der Waals surface area (Å²) in [6.45, 7) is 14.1. The Morgan fingerprint density at radius 3 is 1.96 bits per heavy atom. The quantitative estimate of drug-likeness (QED) is 0.561. The molecule has 0 heterocycles. The van der Waals surface area contributed by atoms with E-state index >= 15 is 0 Å². The van der Waals surface area contributed by atoms with Crippen LogP contribution in [0.2, 0.25) is 0 Å². The number of aliphatic hydroxyl groups is 2. The molecule has 6 nitrogen and oxygen atoms in total. The van der Waals surface area contributed by atoms with E-state index in [1.54, 1.807) is 20.8 Å². The maximum absolute atomic E-state index is 11.9. The van der Waals surface area contributed by atoms with Gasteiger partial charge < -0.3 is 19.7 Å². The summed E-state index contributed by atoms with van der Waals surface area (Å²) < 4.78 is 10.7. The van der Waals surface area contributed by atoms with Gasteiger partial charge in [-0.3, -0.25) is 0 Å². The number of aliphatic hydroxyl groups excluding tert-OH is 2. The summed E-state index contributed by atoms with van der Waals surface area (Å²) in [7, 11) is 0. The van der Waals surface area contributed by atoms with Gasteiger partial charge in [-0.25, -0.2) is 9.59 Å². The van der Waals surface area contributed by atoms with Gasteiger partial charge in [0.25, 0.3) is 0 Å². The fraction of sp³-hybridized carbons (Fsp3) is 0.684. The van der Waals surface area contributed by atoms with Crippen LogP contribution in [0.15, 0.2) is 25.3 Å². The first-order valence-corrected chi connectivity index (χ1v) is 8.48. The van der Waals surface area contributed by atoms with E-state index in [-0.39, 0.29) is 19.4 Å². The third-order valence-electron chi connectivity index (χ3n) is 5.29. The molecule has 0 saturated heterocycles. The Morgan fingerprint density at radius 2 is 1.60 bits per heavy atom. The number of ether oxygens (including phenoxy) is 2. The largest absolute Gasteiger partial charge is 0.462 e. The van der Waals surface area contributed by atoms with Gasteiger partial charge in [-0.2, -0.15) is 0 Å². The van der Waals surface area contributed by atoms with Crippen LogP contribution in [-0.4, -0.2) is 46.6 Å². The fourth-order valence-electron chi connectivity index (χ4n) is 3.72. The number of esters is 2. The molecule has 2 N–H and O–H groups in total. The number of rotatable bonds is 6. The Labute approximate surface area is 149 Å². The standard InChI is InChI=1S/C19H30O6/c1-7-15(22)24-12-18(9-3)10-13(20)19(14(21)11-18,17(4,5)6)25-16(23)8-2/h7-8,13-14,20-21H,1-2,9-12H2,3-6H3. The minimum Gasteiger partial charge on any atom is -0.462 e. The van der Waals surface area contributed by atoms with E-state index in [9.17, 15) is 19.8 Å². The molecule has 25 heavy (non-hydrogen) atoms. The molecule has 1 saturated carbocycles. The van der Waals surface area contributed by atoms with Gasteiger partial charge >= 0.3 is 11.9 Å². The average molecular weight is 354 g/mol. The molecule has 0 amide bonds. The van der Waals surface area contributed by atoms with Crippen LogP contribution in [0.5, 0.6) is 0 Å². The van der Waals surface area contributed by atoms with Crippen molar-refractivity contribution >= 4 is 11.9 Å². The van der Waals surface area contributed by atoms with Crippen LogP contribution in [0.1, 0.15) is 47.0 Å². The van der Waals surface area contributed by atoms with Crippen molar-refractivity contribution in [2.45, 2.75) is 64.8 Å². The zero-order valence-corrected chi connectivity index (χ0v) is 15.6. The number of hydrogen-bond acceptors (Lipinski definition) is 6. The molecule has 0 aromatic heterocycles. The van der Waals surface area contributed by atoms with Gasteiger partial charge in [0, 0.05) is 23.0 Å². The molecule has 142 valence electrons. The topological polar surface area (TPSA) is 93.1 Å². The van der Waals surface area contributed by atoms with Gasteiger partial charge in [0.2, 0.25) is 0 Å². The number of carbonyl (C=O) groups excluding carboxylic acids is 2. The van der Waals surface area contributed by atoms with Gasteiger partial charge in [-0.15, -0.1) is 0 Å². The highest BCUT2D eigenvalue weighted by Crippen LogP contribution is 2.52. The number of hydrogen-bond donors (Lipinski definition) is 2. The third kappa shape index (κ3) is 4.12. The number of carbonyl (C=O) groups is 2. The van der Waals surface area contributed by atoms with Gasteiger partial charge in [0.05, 0.1) is 18.8 Å². The third-order valence-corrected chi connectivity index (χ3v) is 5.29. The van der Waals surface area contributed by atoms with Crippen LogP contribution >= 0.6 is 0 Å². The highest BCUT2D eigenvalue weighted by Gasteiger charge is 2.62. The lowest BCUT2D eigenvalue weighted by molar-refractivity contribution is -0.256. The summed E-state index contributed by atoms with van der Waals surface area (Å²) in [5.41, 5.74) is -2.80. The monoisotopic (exact) mass is 354 g/mol. The van der Waals surface area contributed by atoms with Crippen molar-refractivity contribution in [1.29, 1.82) is 0 Å². The van der Waals surface area contributed by atoms with E-state index < -0.39 is 40.6 Å². The highest BCUT2D eigenvalue weighted by molar-refractivity contribution is 5.82. The average Bonchev–Trinajstić information content (AvgIpc) is 2.54. The minimum atomic E-state index is -1.47. The van der Waals surface area contributed by atoms with Crippen LogP contribution in [0.4, 0.5) is 0 Å². The Morgan fingerprint density at radius 1 is 1.12 bits per heavy atom. The van der Waals surface area contributed by atoms with E-state index in [0.717, 1.165) is 12.2 Å². The normalized spacial score (nSPS) is 32.6. The molecule has 0 bridgehead atoms. The van der Waals surface area contributed by atoms with Crippen molar-refractivity contribution in [3.05, 3.63) is 25.3 Å². The molecule has 2 unspecified atom stereocenters. The Balaban J connectivity index is 3.19. The Hall–Kier alpha value is -1.66. The van der Waals surface area contributed by atoms with Gasteiger partial charge in [-0.1, -0.05) is 40.9 Å². The minimum absolute atomic E-state index is 0.0537. The van der Waals surface area contributed by atoms with Crippen molar-refractivity contribution in [3.8, 4) is 0 Å². The molecular weight excluding hydrogens is 324 g/mol. The molecule has 1 aliphatic rings. The van der Waals surface area contributed by atoms with Gasteiger partial charge in [0.15, 0.2) is 5.60 Å². The van der Waals surface area contributed by atoms with E-state index in [0.29, 0.717) is 6.42 Å². The van der Waals surface area contributed by atoms with Crippen molar-refractivity contribution in [1.82, 2.24) is 0 Å². The molecule has 0 radical (unpaired) electrons. The predicted molar refractivity (Wildman–Crippen MR) is 93.6 cm³/mol. The molecule has 0 spiro atoms. The lowest BCUT2D eigenvalue weighted by Gasteiger charge is -2.56. The van der Waals surface area contributed by atoms with Crippen LogP contribution in [-0.2, 0) is 19.1 Å². The summed E-state index contributed by atoms with van der Waals surface area (Å²) in [6.07, 6.45) is 0.885. The molecule has 1 aliphatic carbocycles. The SMILES string of the molecule is C=CC(=O)OCC1(CC)CC(O)C(OC(=O)C=C)(C(C)(C)C)C(O)C1. The molecule has 1 rings (SSSR count). The molecule has 2 atom stereocenters. The molecular formula is C19H30O6. The second-order valence-electron chi connectivity index (χ2n) is 7.77. The van der Waals surface area contributed by atoms with Crippen LogP contribution in [0, 0.1) is 10.8 Å². The van der Waals surface area contributed by atoms with Crippen molar-refractivity contribution < 1.29 is 29.3 Å². The van der Waals surface area contributed by atoms with E-state index in [1.165, 1.54) is 0 Å². The molecule has 0 aromatic rings. The Bertz CT molecular complexity index is 519. The summed E-state index contributed by atoms with van der Waals surface area (Å²) >= 11 is 0. The fourth-order valence-corrected chi connectivity index (χ4v) is 3.72. The van der Waals surface area contributed by atoms with Crippen LogP contribution in [0.3, 0.4) is 0 Å². The van der Waals surface area contributed by atoms with Crippen molar-refractivity contribution in [3.63, 3.8) is 0 Å². The Kier molecular flexibility index (Phi) is 6.59. The zero-order chi connectivity index (χ0) is 19.5. The van der Waals surface area contributed by atoms with E-state index in [4.69, 9.17) is 9.47 Å². The first-order valence-electron chi connectivity index (χ1n) is 8.48. The van der Waals surface area contributed by atoms with E-state index in [2.05, 4.69) is 13.2 Å². The predicted octanol–water partition coefficient (Wildman–Crippen LogP) is 2.14. The highest BCUT2D eigenvalue weighted by atomic mass is 16.6. The molecule has 0 aromatic carbocycles. The van der Waals surface area contributed by atoms with E-state index in [1.807, 2.05) is 6.92 Å². The van der Waals surface area contributed by atoms with Crippen LogP contribution < -0.4 is 0 Å². The summed E-state index contributed by atoms with van der Waals surface area (Å²) in [5, 5.41) is 21.9. The summed E-state index contributed by atoms with van der Waals surface area (Å²) in [5.74, 6) is -1.25. The molecule has 6 heteroatoms. The maximum atomic E-state index is 11.9. The zero-order valence-electron chi connectivity index (χ0n) is 15.6. The van der Waals surface area contributed by atoms with Crippen molar-refractivity contribution in [2.24, 2.45) is 10.8 Å². The summed E-state index contributed by atoms with van der Waals surface area (Å²) in [6, 6.07) is 0. The smallest absolute Gasteiger partial charge is 0.330 e. The second kappa shape index (κ2) is 7.70. The van der Waals surface area contributed by atoms with Gasteiger partial charge in [-0.05, 0) is 19.3 Å². The first kappa shape index (κ1) is 21.4. The summed E-state index contributed by atoms with van der Waals surface area (Å²) in [4.78, 5) is 23.3. The molecule has 0 aliphatic heterocycles. The van der Waals surface area contributed by atoms with Crippen molar-refractivity contribution in [2.75, 3.05) is 6.61 Å². The second-order valence-corrected chi connectivity index (χ2v) is 7.77. The molecule has 1 fully saturated rings. The first-order chi connectivity index (χ1) is 11.5. The lowest BCUT2D eigenvalue weighted by Crippen LogP contribution is -2.68. The lowest BCUT2D eigenvalue weighted by atomic mass is 9.57. The van der Waals surface area contributed by atoms with Gasteiger partial charge in [0.1, 0.15) is 0 Å². The van der Waals surface area contributed by atoms with Crippen LogP contribution in [0.25, 0.3) is 0 Å². The maximum Gasteiger partial charge on any atom is 0.330 e.